The van der Waals surface area contributed by atoms with Gasteiger partial charge in [0.1, 0.15) is 0 Å². The van der Waals surface area contributed by atoms with Crippen molar-refractivity contribution in [3.8, 4) is 0 Å². The van der Waals surface area contributed by atoms with Gasteiger partial charge >= 0.3 is 0 Å². The molecule has 1 heterocycles. The number of aromatic nitrogens is 2. The van der Waals surface area contributed by atoms with Crippen LogP contribution in [0, 0.1) is 0 Å². The average molecular weight is 225 g/mol. The summed E-state index contributed by atoms with van der Waals surface area (Å²) in [6, 6.07) is 0. The van der Waals surface area contributed by atoms with Gasteiger partial charge in [0.05, 0.1) is 11.3 Å². The minimum Gasteiger partial charge on any atom is -0.389 e. The maximum absolute atomic E-state index is 9.60. The summed E-state index contributed by atoms with van der Waals surface area (Å²) in [6.07, 6.45) is 2.03. The van der Waals surface area contributed by atoms with Crippen molar-refractivity contribution < 1.29 is 5.11 Å². The van der Waals surface area contributed by atoms with E-state index in [4.69, 9.17) is 0 Å². The van der Waals surface area contributed by atoms with Crippen LogP contribution in [0.4, 0.5) is 0 Å². The molecule has 0 aliphatic carbocycles. The van der Waals surface area contributed by atoms with E-state index in [0.29, 0.717) is 12.5 Å². The molecule has 2 N–H and O–H groups in total. The zero-order valence-electron chi connectivity index (χ0n) is 10.9. The smallest absolute Gasteiger partial charge is 0.0715 e. The Morgan fingerprint density at radius 3 is 2.62 bits per heavy atom. The molecular formula is C12H23N3O. The third kappa shape index (κ3) is 3.94. The highest BCUT2D eigenvalue weighted by atomic mass is 16.3. The minimum atomic E-state index is -0.666. The van der Waals surface area contributed by atoms with Gasteiger partial charge in [0.15, 0.2) is 0 Å². The van der Waals surface area contributed by atoms with E-state index in [1.165, 1.54) is 5.56 Å². The first-order chi connectivity index (χ1) is 7.29. The molecule has 0 atom stereocenters. The Labute approximate surface area is 97.7 Å². The van der Waals surface area contributed by atoms with Crippen LogP contribution in [0.3, 0.4) is 0 Å². The molecule has 4 nitrogen and oxygen atoms in total. The van der Waals surface area contributed by atoms with Crippen molar-refractivity contribution in [3.05, 3.63) is 17.5 Å². The number of nitrogens with zero attached hydrogens (tertiary/aromatic N) is 2. The third-order valence-corrected chi connectivity index (χ3v) is 2.36. The lowest BCUT2D eigenvalue weighted by atomic mass is 10.1. The van der Waals surface area contributed by atoms with E-state index in [2.05, 4.69) is 24.3 Å². The van der Waals surface area contributed by atoms with Gasteiger partial charge in [0.25, 0.3) is 0 Å². The summed E-state index contributed by atoms with van der Waals surface area (Å²) in [6.45, 7) is 9.22. The molecule has 0 aliphatic heterocycles. The van der Waals surface area contributed by atoms with Gasteiger partial charge < -0.3 is 10.4 Å². The molecule has 0 saturated carbocycles. The van der Waals surface area contributed by atoms with Gasteiger partial charge in [0, 0.05) is 31.9 Å². The third-order valence-electron chi connectivity index (χ3n) is 2.36. The Morgan fingerprint density at radius 2 is 2.12 bits per heavy atom. The van der Waals surface area contributed by atoms with Crippen LogP contribution in [0.15, 0.2) is 6.20 Å². The molecule has 1 aromatic heterocycles. The lowest BCUT2D eigenvalue weighted by Gasteiger charge is -2.17. The average Bonchev–Trinajstić information content (AvgIpc) is 2.44. The fraction of sp³-hybridized carbons (Fsp3) is 0.750. The highest BCUT2D eigenvalue weighted by Crippen LogP contribution is 2.17. The summed E-state index contributed by atoms with van der Waals surface area (Å²) in [5.41, 5.74) is 1.67. The fourth-order valence-electron chi connectivity index (χ4n) is 1.68. The molecule has 16 heavy (non-hydrogen) atoms. The van der Waals surface area contributed by atoms with Crippen molar-refractivity contribution in [2.75, 3.05) is 6.54 Å². The summed E-state index contributed by atoms with van der Waals surface area (Å²) < 4.78 is 1.84. The molecule has 0 fully saturated rings. The second-order valence-corrected chi connectivity index (χ2v) is 5.28. The maximum Gasteiger partial charge on any atom is 0.0715 e. The van der Waals surface area contributed by atoms with Crippen LogP contribution in [0.25, 0.3) is 0 Å². The standard InChI is InChI=1S/C12H23N3O/c1-9(2)11-10(7-15(5)14-11)6-13-8-12(3,4)16/h7,9,13,16H,6,8H2,1-5H3. The topological polar surface area (TPSA) is 50.1 Å². The Balaban J connectivity index is 2.60. The monoisotopic (exact) mass is 225 g/mol. The van der Waals surface area contributed by atoms with Crippen LogP contribution in [0.1, 0.15) is 44.9 Å². The summed E-state index contributed by atoms with van der Waals surface area (Å²) in [7, 11) is 1.94. The van der Waals surface area contributed by atoms with Crippen LogP contribution in [0.5, 0.6) is 0 Å². The molecule has 0 saturated heterocycles. The molecule has 1 rings (SSSR count). The van der Waals surface area contributed by atoms with E-state index in [1.54, 1.807) is 13.8 Å². The summed E-state index contributed by atoms with van der Waals surface area (Å²) >= 11 is 0. The second-order valence-electron chi connectivity index (χ2n) is 5.28. The summed E-state index contributed by atoms with van der Waals surface area (Å²) in [5, 5.41) is 17.3. The highest BCUT2D eigenvalue weighted by molar-refractivity contribution is 5.19. The van der Waals surface area contributed by atoms with E-state index in [1.807, 2.05) is 17.9 Å². The molecule has 0 spiro atoms. The Hall–Kier alpha value is -0.870. The first-order valence-electron chi connectivity index (χ1n) is 5.75. The summed E-state index contributed by atoms with van der Waals surface area (Å²) in [4.78, 5) is 0. The number of aryl methyl sites for hydroxylation is 1. The Morgan fingerprint density at radius 1 is 1.50 bits per heavy atom. The van der Waals surface area contributed by atoms with E-state index in [-0.39, 0.29) is 0 Å². The first-order valence-corrected chi connectivity index (χ1v) is 5.75. The van der Waals surface area contributed by atoms with Crippen LogP contribution in [-0.4, -0.2) is 27.0 Å². The van der Waals surface area contributed by atoms with Gasteiger partial charge in [-0.3, -0.25) is 4.68 Å². The normalized spacial score (nSPS) is 12.4. The van der Waals surface area contributed by atoms with E-state index >= 15 is 0 Å². The zero-order chi connectivity index (χ0) is 12.3. The number of rotatable bonds is 5. The molecule has 0 radical (unpaired) electrons. The van der Waals surface area contributed by atoms with E-state index < -0.39 is 5.60 Å². The van der Waals surface area contributed by atoms with E-state index in [0.717, 1.165) is 12.2 Å². The van der Waals surface area contributed by atoms with Crippen molar-refractivity contribution >= 4 is 0 Å². The van der Waals surface area contributed by atoms with Crippen molar-refractivity contribution in [1.29, 1.82) is 0 Å². The molecule has 0 amide bonds. The second kappa shape index (κ2) is 4.97. The largest absolute Gasteiger partial charge is 0.389 e. The lowest BCUT2D eigenvalue weighted by Crippen LogP contribution is -2.34. The first kappa shape index (κ1) is 13.2. The predicted molar refractivity (Wildman–Crippen MR) is 65.3 cm³/mol. The molecule has 1 aromatic rings. The Bertz CT molecular complexity index is 337. The maximum atomic E-state index is 9.60. The molecule has 92 valence electrons. The van der Waals surface area contributed by atoms with E-state index in [9.17, 15) is 5.11 Å². The van der Waals surface area contributed by atoms with Crippen molar-refractivity contribution in [1.82, 2.24) is 15.1 Å². The van der Waals surface area contributed by atoms with Crippen LogP contribution in [0.2, 0.25) is 0 Å². The van der Waals surface area contributed by atoms with Crippen LogP contribution < -0.4 is 5.32 Å². The fourth-order valence-corrected chi connectivity index (χ4v) is 1.68. The molecule has 0 aromatic carbocycles. The minimum absolute atomic E-state index is 0.431. The van der Waals surface area contributed by atoms with Crippen molar-refractivity contribution in [3.63, 3.8) is 0 Å². The number of hydrogen-bond donors (Lipinski definition) is 2. The van der Waals surface area contributed by atoms with Gasteiger partial charge in [-0.05, 0) is 19.8 Å². The lowest BCUT2D eigenvalue weighted by molar-refractivity contribution is 0.0795. The molecular weight excluding hydrogens is 202 g/mol. The zero-order valence-corrected chi connectivity index (χ0v) is 10.9. The van der Waals surface area contributed by atoms with Gasteiger partial charge in [-0.25, -0.2) is 0 Å². The highest BCUT2D eigenvalue weighted by Gasteiger charge is 2.14. The summed E-state index contributed by atoms with van der Waals surface area (Å²) in [5.74, 6) is 0.431. The quantitative estimate of drug-likeness (QED) is 0.796. The number of nitrogens with one attached hydrogen (secondary N) is 1. The predicted octanol–water partition coefficient (Wildman–Crippen LogP) is 1.40. The molecule has 0 unspecified atom stereocenters. The van der Waals surface area contributed by atoms with Gasteiger partial charge in [-0.1, -0.05) is 13.8 Å². The van der Waals surface area contributed by atoms with Crippen molar-refractivity contribution in [2.45, 2.75) is 45.8 Å². The number of hydrogen-bond acceptors (Lipinski definition) is 3. The van der Waals surface area contributed by atoms with Crippen LogP contribution >= 0.6 is 0 Å². The van der Waals surface area contributed by atoms with Gasteiger partial charge in [-0.2, -0.15) is 5.10 Å². The SMILES string of the molecule is CC(C)c1nn(C)cc1CNCC(C)(C)O. The number of aliphatic hydroxyl groups is 1. The van der Waals surface area contributed by atoms with Gasteiger partial charge in [0.2, 0.25) is 0 Å². The van der Waals surface area contributed by atoms with Gasteiger partial charge in [-0.15, -0.1) is 0 Å². The molecule has 0 aliphatic rings. The molecule has 0 bridgehead atoms. The molecule has 4 heteroatoms. The van der Waals surface area contributed by atoms with Crippen LogP contribution in [-0.2, 0) is 13.6 Å². The van der Waals surface area contributed by atoms with Crippen molar-refractivity contribution in [2.24, 2.45) is 7.05 Å². The Kier molecular flexibility index (Phi) is 4.10.